The van der Waals surface area contributed by atoms with Crippen LogP contribution in [0.4, 0.5) is 0 Å². The van der Waals surface area contributed by atoms with E-state index < -0.39 is 5.56 Å². The number of pyridine rings is 1. The van der Waals surface area contributed by atoms with Crippen LogP contribution in [0.1, 0.15) is 31.0 Å². The van der Waals surface area contributed by atoms with Crippen LogP contribution in [0.5, 0.6) is 17.2 Å². The largest absolute Gasteiger partial charge is 0.506 e. The summed E-state index contributed by atoms with van der Waals surface area (Å²) < 4.78 is 27.6. The molecule has 1 aromatic carbocycles. The van der Waals surface area contributed by atoms with Crippen molar-refractivity contribution in [2.24, 2.45) is 4.99 Å². The average Bonchev–Trinajstić information content (AvgIpc) is 2.92. The number of H-pyrrole nitrogens is 1. The van der Waals surface area contributed by atoms with E-state index in [1.807, 2.05) is 13.0 Å². The van der Waals surface area contributed by atoms with Crippen LogP contribution in [-0.4, -0.2) is 57.6 Å². The summed E-state index contributed by atoms with van der Waals surface area (Å²) in [6, 6.07) is 5.19. The number of aliphatic imine (C=N–C) groups is 1. The van der Waals surface area contributed by atoms with Crippen molar-refractivity contribution in [3.8, 4) is 28.4 Å². The molecule has 10 heteroatoms. The molecule has 0 atom stereocenters. The summed E-state index contributed by atoms with van der Waals surface area (Å²) in [4.78, 5) is 20.1. The fourth-order valence-electron chi connectivity index (χ4n) is 3.56. The standard InChI is InChI=1S/C28H35ClN2O7/c1-7-19(29)12-9-8-11-18(2)38-28(30-3)25-26(32)23(20(31-27(25)33)17-37-16-15-34-4)24-21(35-5)13-10-14-22(24)36-6/h7,9-10,12-14H,2,8,11,15-17H2,1,3-6H3,(H2,31,32,33)/b12-9-,19-7+,30-28?. The Morgan fingerprint density at radius 1 is 1.16 bits per heavy atom. The lowest BCUT2D eigenvalue weighted by Gasteiger charge is -2.20. The summed E-state index contributed by atoms with van der Waals surface area (Å²) in [7, 11) is 6.02. The van der Waals surface area contributed by atoms with Gasteiger partial charge in [0.05, 0.1) is 56.6 Å². The smallest absolute Gasteiger partial charge is 0.264 e. The van der Waals surface area contributed by atoms with E-state index in [1.54, 1.807) is 37.5 Å². The molecular weight excluding hydrogens is 512 g/mol. The van der Waals surface area contributed by atoms with Crippen molar-refractivity contribution in [3.05, 3.63) is 75.4 Å². The number of nitrogens with zero attached hydrogens (tertiary/aromatic N) is 1. The van der Waals surface area contributed by atoms with E-state index in [9.17, 15) is 9.90 Å². The van der Waals surface area contributed by atoms with Gasteiger partial charge in [0.15, 0.2) is 0 Å². The van der Waals surface area contributed by atoms with Crippen LogP contribution >= 0.6 is 11.6 Å². The van der Waals surface area contributed by atoms with Crippen molar-refractivity contribution in [2.75, 3.05) is 41.6 Å². The number of halogens is 1. The molecule has 0 radical (unpaired) electrons. The number of benzene rings is 1. The first-order valence-electron chi connectivity index (χ1n) is 11.9. The van der Waals surface area contributed by atoms with E-state index >= 15 is 0 Å². The molecule has 0 aliphatic heterocycles. The summed E-state index contributed by atoms with van der Waals surface area (Å²) in [5, 5.41) is 12.1. The lowest BCUT2D eigenvalue weighted by molar-refractivity contribution is 0.0602. The summed E-state index contributed by atoms with van der Waals surface area (Å²) in [6.07, 6.45) is 6.49. The minimum atomic E-state index is -0.612. The molecule has 2 N–H and O–H groups in total. The number of aromatic amines is 1. The van der Waals surface area contributed by atoms with E-state index in [4.69, 9.17) is 35.3 Å². The molecule has 0 amide bonds. The molecular formula is C28H35ClN2O7. The van der Waals surface area contributed by atoms with Gasteiger partial charge in [-0.05, 0) is 31.6 Å². The normalized spacial score (nSPS) is 12.2. The lowest BCUT2D eigenvalue weighted by Crippen LogP contribution is -2.23. The van der Waals surface area contributed by atoms with Gasteiger partial charge in [0.1, 0.15) is 22.8 Å². The van der Waals surface area contributed by atoms with E-state index in [2.05, 4.69) is 16.6 Å². The van der Waals surface area contributed by atoms with Gasteiger partial charge in [0.2, 0.25) is 5.90 Å². The molecule has 0 aliphatic carbocycles. The van der Waals surface area contributed by atoms with Crippen molar-refractivity contribution in [1.29, 1.82) is 0 Å². The number of aromatic nitrogens is 1. The molecule has 2 aromatic rings. The summed E-state index contributed by atoms with van der Waals surface area (Å²) >= 11 is 5.97. The van der Waals surface area contributed by atoms with Gasteiger partial charge in [0.25, 0.3) is 5.56 Å². The Labute approximate surface area is 228 Å². The number of hydrogen-bond donors (Lipinski definition) is 2. The fourth-order valence-corrected chi connectivity index (χ4v) is 3.65. The minimum Gasteiger partial charge on any atom is -0.506 e. The summed E-state index contributed by atoms with van der Waals surface area (Å²) in [6.45, 7) is 6.39. The minimum absolute atomic E-state index is 0.0176. The summed E-state index contributed by atoms with van der Waals surface area (Å²) in [5.41, 5.74) is 0.225. The third-order valence-corrected chi connectivity index (χ3v) is 5.77. The second-order valence-electron chi connectivity index (χ2n) is 7.90. The van der Waals surface area contributed by atoms with Gasteiger partial charge in [-0.15, -0.1) is 0 Å². The number of nitrogens with one attached hydrogen (secondary N) is 1. The first-order valence-corrected chi connectivity index (χ1v) is 12.3. The Hall–Kier alpha value is -3.53. The quantitative estimate of drug-likeness (QED) is 0.108. The third-order valence-electron chi connectivity index (χ3n) is 5.42. The maximum atomic E-state index is 13.2. The first-order chi connectivity index (χ1) is 18.3. The van der Waals surface area contributed by atoms with Gasteiger partial charge in [-0.25, -0.2) is 0 Å². The highest BCUT2D eigenvalue weighted by Crippen LogP contribution is 2.44. The number of hydrogen-bond acceptors (Lipinski definition) is 8. The van der Waals surface area contributed by atoms with Crippen molar-refractivity contribution in [1.82, 2.24) is 4.98 Å². The van der Waals surface area contributed by atoms with Crippen molar-refractivity contribution in [3.63, 3.8) is 0 Å². The Morgan fingerprint density at radius 3 is 2.42 bits per heavy atom. The molecule has 1 heterocycles. The van der Waals surface area contributed by atoms with Crippen LogP contribution in [0.25, 0.3) is 11.1 Å². The molecule has 1 aromatic heterocycles. The predicted molar refractivity (Wildman–Crippen MR) is 149 cm³/mol. The molecule has 0 aliphatic rings. The van der Waals surface area contributed by atoms with Crippen LogP contribution in [-0.2, 0) is 20.8 Å². The first kappa shape index (κ1) is 30.7. The molecule has 0 saturated carbocycles. The van der Waals surface area contributed by atoms with Crippen LogP contribution in [0.2, 0.25) is 0 Å². The van der Waals surface area contributed by atoms with Gasteiger partial charge < -0.3 is 33.8 Å². The van der Waals surface area contributed by atoms with Gasteiger partial charge >= 0.3 is 0 Å². The Bertz CT molecular complexity index is 1230. The lowest BCUT2D eigenvalue weighted by atomic mass is 9.98. The molecule has 38 heavy (non-hydrogen) atoms. The van der Waals surface area contributed by atoms with Crippen molar-refractivity contribution < 1.29 is 28.8 Å². The SMILES string of the molecule is C=C(CC/C=C\C(Cl)=C/C)OC(=NC)c1c(O)c(-c2c(OC)cccc2OC)c(COCCOC)[nH]c1=O. The zero-order chi connectivity index (χ0) is 28.1. The molecule has 0 unspecified atom stereocenters. The molecule has 0 fully saturated rings. The average molecular weight is 547 g/mol. The maximum absolute atomic E-state index is 13.2. The van der Waals surface area contributed by atoms with Gasteiger partial charge in [-0.3, -0.25) is 9.79 Å². The third kappa shape index (κ3) is 7.98. The molecule has 0 spiro atoms. The molecule has 0 saturated heterocycles. The van der Waals surface area contributed by atoms with Gasteiger partial charge in [-0.2, -0.15) is 0 Å². The topological polar surface area (TPSA) is 112 Å². The number of rotatable bonds is 14. The molecule has 206 valence electrons. The van der Waals surface area contributed by atoms with E-state index in [-0.39, 0.29) is 36.0 Å². The van der Waals surface area contributed by atoms with Crippen LogP contribution in [0, 0.1) is 0 Å². The zero-order valence-corrected chi connectivity index (χ0v) is 23.2. The molecule has 0 bridgehead atoms. The Balaban J connectivity index is 2.56. The highest BCUT2D eigenvalue weighted by Gasteiger charge is 2.27. The van der Waals surface area contributed by atoms with Crippen LogP contribution in [0.3, 0.4) is 0 Å². The monoisotopic (exact) mass is 546 g/mol. The maximum Gasteiger partial charge on any atom is 0.264 e. The highest BCUT2D eigenvalue weighted by molar-refractivity contribution is 6.31. The van der Waals surface area contributed by atoms with Crippen molar-refractivity contribution >= 4 is 17.5 Å². The van der Waals surface area contributed by atoms with E-state index in [1.165, 1.54) is 21.3 Å². The van der Waals surface area contributed by atoms with Crippen LogP contribution < -0.4 is 15.0 Å². The Kier molecular flexibility index (Phi) is 12.6. The zero-order valence-electron chi connectivity index (χ0n) is 22.4. The van der Waals surface area contributed by atoms with E-state index in [0.717, 1.165) is 0 Å². The van der Waals surface area contributed by atoms with Gasteiger partial charge in [0, 0.05) is 25.6 Å². The Morgan fingerprint density at radius 2 is 1.84 bits per heavy atom. The van der Waals surface area contributed by atoms with Gasteiger partial charge in [-0.1, -0.05) is 36.4 Å². The molecule has 9 nitrogen and oxygen atoms in total. The number of methoxy groups -OCH3 is 3. The summed E-state index contributed by atoms with van der Waals surface area (Å²) in [5.74, 6) is 0.737. The number of aromatic hydroxyl groups is 1. The fraction of sp³-hybridized carbons (Fsp3) is 0.357. The number of ether oxygens (including phenoxy) is 5. The number of allylic oxidation sites excluding steroid dienone is 5. The predicted octanol–water partition coefficient (Wildman–Crippen LogP) is 5.31. The second kappa shape index (κ2) is 15.7. The van der Waals surface area contributed by atoms with Crippen LogP contribution in [0.15, 0.2) is 63.6 Å². The highest BCUT2D eigenvalue weighted by atomic mass is 35.5. The molecule has 2 rings (SSSR count). The second-order valence-corrected chi connectivity index (χ2v) is 8.33. The van der Waals surface area contributed by atoms with E-state index in [0.29, 0.717) is 53.0 Å². The van der Waals surface area contributed by atoms with Crippen molar-refractivity contribution in [2.45, 2.75) is 26.4 Å².